The fraction of sp³-hybridized carbons (Fsp3) is 0.250. The average Bonchev–Trinajstić information content (AvgIpc) is 2.87. The van der Waals surface area contributed by atoms with E-state index in [0.29, 0.717) is 11.6 Å². The lowest BCUT2D eigenvalue weighted by atomic mass is 10.1. The summed E-state index contributed by atoms with van der Waals surface area (Å²) in [5.74, 6) is 0.413. The van der Waals surface area contributed by atoms with Gasteiger partial charge in [-0.05, 0) is 41.8 Å². The van der Waals surface area contributed by atoms with Crippen molar-refractivity contribution in [2.75, 3.05) is 7.11 Å². The van der Waals surface area contributed by atoms with Crippen LogP contribution in [0.25, 0.3) is 10.9 Å². The van der Waals surface area contributed by atoms with E-state index in [9.17, 15) is 4.79 Å². The van der Waals surface area contributed by atoms with Crippen molar-refractivity contribution in [1.29, 1.82) is 0 Å². The van der Waals surface area contributed by atoms with Gasteiger partial charge in [0.05, 0.1) is 19.0 Å². The largest absolute Gasteiger partial charge is 0.496 e. The molecule has 0 spiro atoms. The van der Waals surface area contributed by atoms with Crippen LogP contribution >= 0.6 is 11.6 Å². The Morgan fingerprint density at radius 2 is 2.00 bits per heavy atom. The first-order chi connectivity index (χ1) is 12.0. The molecule has 2 N–H and O–H groups in total. The molecule has 0 saturated heterocycles. The average molecular weight is 357 g/mol. The third kappa shape index (κ3) is 3.35. The van der Waals surface area contributed by atoms with Crippen molar-refractivity contribution in [2.45, 2.75) is 26.3 Å². The Morgan fingerprint density at radius 3 is 2.64 bits per heavy atom. The fourth-order valence-electron chi connectivity index (χ4n) is 3.44. The minimum absolute atomic E-state index is 0.197. The van der Waals surface area contributed by atoms with Crippen LogP contribution in [0.1, 0.15) is 23.7 Å². The lowest BCUT2D eigenvalue weighted by molar-refractivity contribution is -0.117. The molecule has 130 valence electrons. The molecular weight excluding hydrogens is 336 g/mol. The third-order valence-corrected chi connectivity index (χ3v) is 4.64. The number of rotatable bonds is 6. The molecule has 0 fully saturated rings. The molecule has 0 radical (unpaired) electrons. The number of nitrogens with two attached hydrogens (primary N) is 1. The van der Waals surface area contributed by atoms with Crippen LogP contribution in [-0.4, -0.2) is 17.6 Å². The summed E-state index contributed by atoms with van der Waals surface area (Å²) in [5, 5.41) is 1.67. The van der Waals surface area contributed by atoms with E-state index in [1.54, 1.807) is 7.11 Å². The Kier molecular flexibility index (Phi) is 5.00. The Morgan fingerprint density at radius 1 is 1.24 bits per heavy atom. The number of aromatic nitrogens is 1. The van der Waals surface area contributed by atoms with Gasteiger partial charge < -0.3 is 15.0 Å². The molecular formula is C20H21ClN2O2. The van der Waals surface area contributed by atoms with Gasteiger partial charge in [0.25, 0.3) is 0 Å². The summed E-state index contributed by atoms with van der Waals surface area (Å²) in [5.41, 5.74) is 9.69. The lowest BCUT2D eigenvalue weighted by Crippen LogP contribution is -2.15. The molecule has 0 saturated carbocycles. The number of ether oxygens (including phenoxy) is 1. The Balaban J connectivity index is 2.24. The first-order valence-electron chi connectivity index (χ1n) is 8.24. The minimum atomic E-state index is -0.345. The number of methoxy groups -OCH3 is 1. The summed E-state index contributed by atoms with van der Waals surface area (Å²) >= 11 is 6.13. The van der Waals surface area contributed by atoms with Crippen LogP contribution in [0.5, 0.6) is 5.75 Å². The maximum atomic E-state index is 11.6. The van der Waals surface area contributed by atoms with Crippen LogP contribution in [0.15, 0.2) is 42.5 Å². The van der Waals surface area contributed by atoms with Gasteiger partial charge in [0.2, 0.25) is 5.91 Å². The van der Waals surface area contributed by atoms with Gasteiger partial charge in [-0.2, -0.15) is 0 Å². The van der Waals surface area contributed by atoms with Gasteiger partial charge in [-0.15, -0.1) is 0 Å². The predicted molar refractivity (Wildman–Crippen MR) is 101 cm³/mol. The predicted octanol–water partition coefficient (Wildman–Crippen LogP) is 3.94. The van der Waals surface area contributed by atoms with Gasteiger partial charge in [-0.3, -0.25) is 4.79 Å². The van der Waals surface area contributed by atoms with Crippen molar-refractivity contribution < 1.29 is 9.53 Å². The zero-order valence-electron chi connectivity index (χ0n) is 14.4. The second kappa shape index (κ2) is 7.19. The van der Waals surface area contributed by atoms with Crippen molar-refractivity contribution >= 4 is 28.4 Å². The maximum absolute atomic E-state index is 11.6. The number of halogens is 1. The molecule has 1 heterocycles. The highest BCUT2D eigenvalue weighted by molar-refractivity contribution is 6.30. The number of hydrogen-bond acceptors (Lipinski definition) is 2. The van der Waals surface area contributed by atoms with E-state index in [4.69, 9.17) is 22.1 Å². The molecule has 3 rings (SSSR count). The quantitative estimate of drug-likeness (QED) is 0.727. The number of benzene rings is 2. The van der Waals surface area contributed by atoms with Gasteiger partial charge in [0.1, 0.15) is 5.75 Å². The van der Waals surface area contributed by atoms with E-state index in [-0.39, 0.29) is 12.3 Å². The number of primary amides is 1. The van der Waals surface area contributed by atoms with Crippen LogP contribution < -0.4 is 10.5 Å². The molecule has 0 bridgehead atoms. The van der Waals surface area contributed by atoms with Crippen LogP contribution in [0.2, 0.25) is 5.02 Å². The van der Waals surface area contributed by atoms with Gasteiger partial charge >= 0.3 is 0 Å². The highest BCUT2D eigenvalue weighted by Crippen LogP contribution is 2.35. The first-order valence-corrected chi connectivity index (χ1v) is 8.62. The van der Waals surface area contributed by atoms with E-state index >= 15 is 0 Å². The summed E-state index contributed by atoms with van der Waals surface area (Å²) in [4.78, 5) is 11.6. The molecule has 5 heteroatoms. The van der Waals surface area contributed by atoms with E-state index in [0.717, 1.165) is 39.9 Å². The molecule has 1 aromatic heterocycles. The normalized spacial score (nSPS) is 11.0. The monoisotopic (exact) mass is 356 g/mol. The third-order valence-electron chi connectivity index (χ3n) is 4.41. The number of hydrogen-bond donors (Lipinski definition) is 1. The molecule has 3 aromatic rings. The van der Waals surface area contributed by atoms with Crippen molar-refractivity contribution in [2.24, 2.45) is 5.73 Å². The van der Waals surface area contributed by atoms with Gasteiger partial charge in [0, 0.05) is 22.6 Å². The number of carbonyl (C=O) groups is 1. The highest BCUT2D eigenvalue weighted by Gasteiger charge is 2.20. The van der Waals surface area contributed by atoms with Crippen LogP contribution in [0, 0.1) is 0 Å². The van der Waals surface area contributed by atoms with Gasteiger partial charge in [-0.1, -0.05) is 36.7 Å². The second-order valence-corrected chi connectivity index (χ2v) is 6.43. The Bertz CT molecular complexity index is 931. The minimum Gasteiger partial charge on any atom is -0.496 e. The lowest BCUT2D eigenvalue weighted by Gasteiger charge is -2.11. The number of carbonyl (C=O) groups excluding carboxylic acids is 1. The SMILES string of the molecule is CCc1c(CC(N)=O)c2c(OC)cccc2n1Cc1cccc(Cl)c1. The molecule has 0 unspecified atom stereocenters. The standard InChI is InChI=1S/C20H21ClN2O2/c1-3-16-15(11-19(22)24)20-17(8-5-9-18(20)25-2)23(16)12-13-6-4-7-14(21)10-13/h4-10H,3,11-12H2,1-2H3,(H2,22,24). The molecule has 25 heavy (non-hydrogen) atoms. The highest BCUT2D eigenvalue weighted by atomic mass is 35.5. The first kappa shape index (κ1) is 17.4. The van der Waals surface area contributed by atoms with Crippen LogP contribution in [0.3, 0.4) is 0 Å². The molecule has 1 amide bonds. The zero-order chi connectivity index (χ0) is 18.0. The molecule has 4 nitrogen and oxygen atoms in total. The summed E-state index contributed by atoms with van der Waals surface area (Å²) in [6.07, 6.45) is 0.990. The fourth-order valence-corrected chi connectivity index (χ4v) is 3.65. The smallest absolute Gasteiger partial charge is 0.221 e. The topological polar surface area (TPSA) is 57.3 Å². The molecule has 2 aromatic carbocycles. The molecule has 0 aliphatic heterocycles. The number of fused-ring (bicyclic) bond motifs is 1. The summed E-state index contributed by atoms with van der Waals surface area (Å²) < 4.78 is 7.77. The van der Waals surface area contributed by atoms with Gasteiger partial charge in [-0.25, -0.2) is 0 Å². The van der Waals surface area contributed by atoms with Gasteiger partial charge in [0.15, 0.2) is 0 Å². The van der Waals surface area contributed by atoms with Crippen molar-refractivity contribution in [3.8, 4) is 5.75 Å². The van der Waals surface area contributed by atoms with Crippen molar-refractivity contribution in [1.82, 2.24) is 4.57 Å². The molecule has 0 aliphatic rings. The molecule has 0 aliphatic carbocycles. The van der Waals surface area contributed by atoms with E-state index in [1.165, 1.54) is 0 Å². The summed E-state index contributed by atoms with van der Waals surface area (Å²) in [7, 11) is 1.64. The van der Waals surface area contributed by atoms with E-state index in [2.05, 4.69) is 11.5 Å². The number of amides is 1. The van der Waals surface area contributed by atoms with E-state index in [1.807, 2.05) is 42.5 Å². The second-order valence-electron chi connectivity index (χ2n) is 5.99. The van der Waals surface area contributed by atoms with E-state index < -0.39 is 0 Å². The number of nitrogens with zero attached hydrogens (tertiary/aromatic N) is 1. The van der Waals surface area contributed by atoms with Crippen LogP contribution in [0.4, 0.5) is 0 Å². The maximum Gasteiger partial charge on any atom is 0.221 e. The summed E-state index contributed by atoms with van der Waals surface area (Å²) in [6.45, 7) is 2.76. The van der Waals surface area contributed by atoms with Crippen molar-refractivity contribution in [3.63, 3.8) is 0 Å². The summed E-state index contributed by atoms with van der Waals surface area (Å²) in [6, 6.07) is 13.7. The van der Waals surface area contributed by atoms with Crippen molar-refractivity contribution in [3.05, 3.63) is 64.3 Å². The van der Waals surface area contributed by atoms with Crippen LogP contribution in [-0.2, 0) is 24.2 Å². The zero-order valence-corrected chi connectivity index (χ0v) is 15.1. The molecule has 0 atom stereocenters. The Hall–Kier alpha value is -2.46. The Labute approximate surface area is 152 Å².